The van der Waals surface area contributed by atoms with Gasteiger partial charge in [0.1, 0.15) is 17.6 Å². The van der Waals surface area contributed by atoms with Gasteiger partial charge in [-0.2, -0.15) is 5.26 Å². The lowest BCUT2D eigenvalue weighted by Crippen LogP contribution is -2.04. The maximum atomic E-state index is 9.03. The quantitative estimate of drug-likeness (QED) is 0.838. The lowest BCUT2D eigenvalue weighted by atomic mass is 10.2. The third-order valence-corrected chi connectivity index (χ3v) is 2.35. The summed E-state index contributed by atoms with van der Waals surface area (Å²) in [7, 11) is 1.58. The van der Waals surface area contributed by atoms with Crippen LogP contribution in [0.1, 0.15) is 11.4 Å². The number of rotatable bonds is 4. The molecule has 1 heterocycles. The molecule has 0 atom stereocenters. The van der Waals surface area contributed by atoms with Crippen molar-refractivity contribution in [3.05, 3.63) is 42.0 Å². The minimum atomic E-state index is 0.516. The number of ether oxygens (including phenoxy) is 1. The second-order valence-electron chi connectivity index (χ2n) is 3.38. The van der Waals surface area contributed by atoms with E-state index in [0.29, 0.717) is 23.5 Å². The fourth-order valence-corrected chi connectivity index (χ4v) is 1.54. The fraction of sp³-hybridized carbons (Fsp3) is 0.167. The lowest BCUT2D eigenvalue weighted by molar-refractivity contribution is 0.416. The third kappa shape index (κ3) is 2.37. The molecule has 17 heavy (non-hydrogen) atoms. The topological polar surface area (TPSA) is 73.7 Å². The Labute approximate surface area is 99.1 Å². The zero-order chi connectivity index (χ0) is 12.1. The van der Waals surface area contributed by atoms with Crippen molar-refractivity contribution in [2.24, 2.45) is 0 Å². The number of imidazole rings is 1. The van der Waals surface area contributed by atoms with E-state index in [2.05, 4.69) is 21.4 Å². The highest BCUT2D eigenvalue weighted by Gasteiger charge is 2.08. The number of aromatic nitrogens is 2. The number of benzene rings is 1. The summed E-state index contributed by atoms with van der Waals surface area (Å²) < 4.78 is 5.21. The van der Waals surface area contributed by atoms with Crippen LogP contribution in [0.3, 0.4) is 0 Å². The van der Waals surface area contributed by atoms with Gasteiger partial charge in [-0.25, -0.2) is 4.98 Å². The minimum absolute atomic E-state index is 0.516. The zero-order valence-corrected chi connectivity index (χ0v) is 9.40. The molecule has 1 aromatic carbocycles. The second kappa shape index (κ2) is 5.03. The molecule has 0 amide bonds. The molecule has 0 aliphatic carbocycles. The summed E-state index contributed by atoms with van der Waals surface area (Å²) in [5.74, 6) is 1.45. The summed E-state index contributed by atoms with van der Waals surface area (Å²) in [6, 6.07) is 7.47. The van der Waals surface area contributed by atoms with E-state index < -0.39 is 0 Å². The van der Waals surface area contributed by atoms with Crippen LogP contribution in [0.25, 0.3) is 0 Å². The second-order valence-corrected chi connectivity index (χ2v) is 3.38. The van der Waals surface area contributed by atoms with Gasteiger partial charge in [0.05, 0.1) is 24.9 Å². The molecular weight excluding hydrogens is 216 g/mol. The van der Waals surface area contributed by atoms with E-state index in [4.69, 9.17) is 10.00 Å². The number of hydrogen-bond donors (Lipinski definition) is 2. The number of nitrogens with one attached hydrogen (secondary N) is 2. The van der Waals surface area contributed by atoms with E-state index in [1.807, 2.05) is 6.07 Å². The van der Waals surface area contributed by atoms with Crippen LogP contribution in [-0.2, 0) is 6.54 Å². The van der Waals surface area contributed by atoms with Crippen molar-refractivity contribution in [2.45, 2.75) is 6.54 Å². The molecule has 0 saturated heterocycles. The van der Waals surface area contributed by atoms with E-state index in [1.165, 1.54) is 0 Å². The maximum Gasteiger partial charge on any atom is 0.143 e. The van der Waals surface area contributed by atoms with Gasteiger partial charge in [0, 0.05) is 12.4 Å². The number of nitriles is 1. The molecule has 0 aliphatic heterocycles. The van der Waals surface area contributed by atoms with Crippen molar-refractivity contribution in [1.82, 2.24) is 9.97 Å². The predicted octanol–water partition coefficient (Wildman–Crippen LogP) is 1.90. The van der Waals surface area contributed by atoms with Crippen LogP contribution in [0.15, 0.2) is 30.6 Å². The predicted molar refractivity (Wildman–Crippen MR) is 63.6 cm³/mol. The van der Waals surface area contributed by atoms with Crippen molar-refractivity contribution in [2.75, 3.05) is 12.4 Å². The van der Waals surface area contributed by atoms with E-state index in [9.17, 15) is 0 Å². The molecule has 5 heteroatoms. The first-order chi connectivity index (χ1) is 8.35. The molecule has 0 fully saturated rings. The zero-order valence-electron chi connectivity index (χ0n) is 9.40. The number of anilines is 1. The third-order valence-electron chi connectivity index (χ3n) is 2.35. The smallest absolute Gasteiger partial charge is 0.143 e. The number of nitrogens with zero attached hydrogens (tertiary/aromatic N) is 2. The standard InChI is InChI=1S/C12H12N4O/c1-17-10-4-2-3-9(7-13)12(10)16-8-11-14-5-6-15-11/h2-6,16H,8H2,1H3,(H,14,15). The molecule has 2 rings (SSSR count). The molecule has 0 saturated carbocycles. The van der Waals surface area contributed by atoms with Crippen LogP contribution >= 0.6 is 0 Å². The summed E-state index contributed by atoms with van der Waals surface area (Å²) in [6.45, 7) is 0.516. The van der Waals surface area contributed by atoms with Crippen LogP contribution in [0, 0.1) is 11.3 Å². The van der Waals surface area contributed by atoms with Crippen LogP contribution in [-0.4, -0.2) is 17.1 Å². The average molecular weight is 228 g/mol. The molecule has 0 bridgehead atoms. The lowest BCUT2D eigenvalue weighted by Gasteiger charge is -2.11. The molecule has 0 aliphatic rings. The Balaban J connectivity index is 2.22. The molecule has 0 unspecified atom stereocenters. The molecule has 0 spiro atoms. The largest absolute Gasteiger partial charge is 0.495 e. The average Bonchev–Trinajstić information content (AvgIpc) is 2.88. The van der Waals surface area contributed by atoms with E-state index in [0.717, 1.165) is 5.82 Å². The van der Waals surface area contributed by atoms with E-state index >= 15 is 0 Å². The first-order valence-electron chi connectivity index (χ1n) is 5.14. The Morgan fingerprint density at radius 1 is 1.53 bits per heavy atom. The summed E-state index contributed by atoms with van der Waals surface area (Å²) >= 11 is 0. The van der Waals surface area contributed by atoms with Gasteiger partial charge in [0.25, 0.3) is 0 Å². The Bertz CT molecular complexity index is 528. The van der Waals surface area contributed by atoms with Gasteiger partial charge in [-0.15, -0.1) is 0 Å². The van der Waals surface area contributed by atoms with Crippen molar-refractivity contribution < 1.29 is 4.74 Å². The molecule has 1 aromatic heterocycles. The Morgan fingerprint density at radius 3 is 3.06 bits per heavy atom. The van der Waals surface area contributed by atoms with Gasteiger partial charge >= 0.3 is 0 Å². The van der Waals surface area contributed by atoms with Gasteiger partial charge in [-0.3, -0.25) is 0 Å². The van der Waals surface area contributed by atoms with Gasteiger partial charge in [-0.05, 0) is 12.1 Å². The van der Waals surface area contributed by atoms with Gasteiger partial charge in [0.2, 0.25) is 0 Å². The Hall–Kier alpha value is -2.48. The van der Waals surface area contributed by atoms with Crippen molar-refractivity contribution >= 4 is 5.69 Å². The Kier molecular flexibility index (Phi) is 3.26. The van der Waals surface area contributed by atoms with Crippen LogP contribution < -0.4 is 10.1 Å². The summed E-state index contributed by atoms with van der Waals surface area (Å²) in [5, 5.41) is 12.2. The summed E-state index contributed by atoms with van der Waals surface area (Å²) in [6.07, 6.45) is 3.44. The number of methoxy groups -OCH3 is 1. The maximum absolute atomic E-state index is 9.03. The first kappa shape index (κ1) is 11.0. The SMILES string of the molecule is COc1cccc(C#N)c1NCc1ncc[nH]1. The van der Waals surface area contributed by atoms with Crippen molar-refractivity contribution in [3.63, 3.8) is 0 Å². The first-order valence-corrected chi connectivity index (χ1v) is 5.14. The highest BCUT2D eigenvalue weighted by atomic mass is 16.5. The normalized spacial score (nSPS) is 9.65. The van der Waals surface area contributed by atoms with Crippen molar-refractivity contribution in [3.8, 4) is 11.8 Å². The van der Waals surface area contributed by atoms with E-state index in [1.54, 1.807) is 31.6 Å². The van der Waals surface area contributed by atoms with Crippen molar-refractivity contribution in [1.29, 1.82) is 5.26 Å². The van der Waals surface area contributed by atoms with Gasteiger partial charge < -0.3 is 15.0 Å². The molecule has 2 aromatic rings. The van der Waals surface area contributed by atoms with Crippen LogP contribution in [0.5, 0.6) is 5.75 Å². The fourth-order valence-electron chi connectivity index (χ4n) is 1.54. The summed E-state index contributed by atoms with van der Waals surface area (Å²) in [4.78, 5) is 7.09. The van der Waals surface area contributed by atoms with Crippen LogP contribution in [0.4, 0.5) is 5.69 Å². The van der Waals surface area contributed by atoms with E-state index in [-0.39, 0.29) is 0 Å². The molecule has 2 N–H and O–H groups in total. The Morgan fingerprint density at radius 2 is 2.41 bits per heavy atom. The minimum Gasteiger partial charge on any atom is -0.495 e. The molecule has 0 radical (unpaired) electrons. The molecule has 86 valence electrons. The number of para-hydroxylation sites is 1. The monoisotopic (exact) mass is 228 g/mol. The highest BCUT2D eigenvalue weighted by molar-refractivity contribution is 5.66. The summed E-state index contributed by atoms with van der Waals surface area (Å²) in [5.41, 5.74) is 1.24. The number of aromatic amines is 1. The van der Waals surface area contributed by atoms with Crippen LogP contribution in [0.2, 0.25) is 0 Å². The molecule has 5 nitrogen and oxygen atoms in total. The molecular formula is C12H12N4O. The van der Waals surface area contributed by atoms with Gasteiger partial charge in [0.15, 0.2) is 0 Å². The van der Waals surface area contributed by atoms with Gasteiger partial charge in [-0.1, -0.05) is 6.07 Å². The number of hydrogen-bond acceptors (Lipinski definition) is 4. The highest BCUT2D eigenvalue weighted by Crippen LogP contribution is 2.27. The number of H-pyrrole nitrogens is 1.